The second-order valence-electron chi connectivity index (χ2n) is 5.17. The fourth-order valence-electron chi connectivity index (χ4n) is 2.08. The number of esters is 1. The lowest BCUT2D eigenvalue weighted by Crippen LogP contribution is -2.15. The van der Waals surface area contributed by atoms with Crippen LogP contribution in [0.25, 0.3) is 11.3 Å². The summed E-state index contributed by atoms with van der Waals surface area (Å²) in [5, 5.41) is -0.307. The number of hydrogen-bond donors (Lipinski definition) is 0. The summed E-state index contributed by atoms with van der Waals surface area (Å²) in [6.45, 7) is 5.41. The molecular weight excluding hydrogens is 316 g/mol. The first kappa shape index (κ1) is 17.1. The highest BCUT2D eigenvalue weighted by atomic mass is 32.2. The smallest absolute Gasteiger partial charge is 0.342 e. The van der Waals surface area contributed by atoms with Crippen molar-refractivity contribution in [1.82, 2.24) is 9.97 Å². The van der Waals surface area contributed by atoms with Gasteiger partial charge in [0.15, 0.2) is 0 Å². The quantitative estimate of drug-likeness (QED) is 0.630. The molecule has 0 bridgehead atoms. The van der Waals surface area contributed by atoms with Gasteiger partial charge < -0.3 is 4.74 Å². The Morgan fingerprint density at radius 2 is 1.74 bits per heavy atom. The van der Waals surface area contributed by atoms with E-state index in [2.05, 4.69) is 9.97 Å². The minimum absolute atomic E-state index is 0.183. The molecular formula is C16H18N2O4S. The molecule has 1 aromatic carbocycles. The lowest BCUT2D eigenvalue weighted by molar-refractivity contribution is 0.0525. The highest BCUT2D eigenvalue weighted by Gasteiger charge is 2.24. The third-order valence-electron chi connectivity index (χ3n) is 3.21. The number of benzene rings is 1. The van der Waals surface area contributed by atoms with Crippen molar-refractivity contribution in [2.45, 2.75) is 25.9 Å². The summed E-state index contributed by atoms with van der Waals surface area (Å²) in [7, 11) is -3.59. The summed E-state index contributed by atoms with van der Waals surface area (Å²) in [6, 6.07) is 7.29. The van der Waals surface area contributed by atoms with Gasteiger partial charge in [-0.15, -0.1) is 0 Å². The molecule has 0 aliphatic rings. The Labute approximate surface area is 135 Å². The number of rotatable bonds is 4. The van der Waals surface area contributed by atoms with Gasteiger partial charge in [0.1, 0.15) is 5.56 Å². The van der Waals surface area contributed by atoms with E-state index in [1.807, 2.05) is 19.1 Å². The van der Waals surface area contributed by atoms with E-state index in [-0.39, 0.29) is 28.7 Å². The number of aromatic nitrogens is 2. The summed E-state index contributed by atoms with van der Waals surface area (Å²) in [4.78, 5) is 20.3. The molecule has 0 unspecified atom stereocenters. The zero-order chi connectivity index (χ0) is 17.2. The van der Waals surface area contributed by atoms with Crippen LogP contribution in [0.5, 0.6) is 0 Å². The Kier molecular flexibility index (Phi) is 4.79. The van der Waals surface area contributed by atoms with Gasteiger partial charge in [-0.25, -0.2) is 23.2 Å². The third-order valence-corrected chi connectivity index (χ3v) is 4.05. The molecule has 7 heteroatoms. The highest BCUT2D eigenvalue weighted by molar-refractivity contribution is 7.90. The number of sulfone groups is 1. The average molecular weight is 334 g/mol. The number of nitrogens with zero attached hydrogens (tertiary/aromatic N) is 2. The first-order valence-corrected chi connectivity index (χ1v) is 8.96. The van der Waals surface area contributed by atoms with Crippen molar-refractivity contribution in [1.29, 1.82) is 0 Å². The van der Waals surface area contributed by atoms with E-state index in [1.165, 1.54) is 0 Å². The Morgan fingerprint density at radius 1 is 1.13 bits per heavy atom. The second kappa shape index (κ2) is 6.45. The molecule has 6 nitrogen and oxygen atoms in total. The van der Waals surface area contributed by atoms with Gasteiger partial charge >= 0.3 is 5.97 Å². The normalized spacial score (nSPS) is 11.3. The number of aryl methyl sites for hydroxylation is 2. The number of ether oxygens (including phenoxy) is 1. The van der Waals surface area contributed by atoms with Gasteiger partial charge in [0.2, 0.25) is 15.0 Å². The molecule has 0 fully saturated rings. The molecule has 23 heavy (non-hydrogen) atoms. The van der Waals surface area contributed by atoms with Crippen LogP contribution in [-0.4, -0.2) is 37.2 Å². The van der Waals surface area contributed by atoms with Crippen LogP contribution in [-0.2, 0) is 14.6 Å². The summed E-state index contributed by atoms with van der Waals surface area (Å²) in [6.07, 6.45) is 1.03. The average Bonchev–Trinajstić information content (AvgIpc) is 2.46. The predicted molar refractivity (Wildman–Crippen MR) is 86.0 cm³/mol. The molecule has 122 valence electrons. The van der Waals surface area contributed by atoms with E-state index in [9.17, 15) is 13.2 Å². The van der Waals surface area contributed by atoms with Crippen LogP contribution in [0.4, 0.5) is 0 Å². The summed E-state index contributed by atoms with van der Waals surface area (Å²) in [5.74, 6) is -0.569. The summed E-state index contributed by atoms with van der Waals surface area (Å²) >= 11 is 0. The van der Waals surface area contributed by atoms with Crippen LogP contribution in [0.1, 0.15) is 28.5 Å². The van der Waals surface area contributed by atoms with E-state index in [4.69, 9.17) is 4.74 Å². The zero-order valence-electron chi connectivity index (χ0n) is 13.5. The zero-order valence-corrected chi connectivity index (χ0v) is 14.3. The molecule has 0 spiro atoms. The molecule has 0 radical (unpaired) electrons. The van der Waals surface area contributed by atoms with E-state index in [1.54, 1.807) is 26.0 Å². The molecule has 0 N–H and O–H groups in total. The van der Waals surface area contributed by atoms with Gasteiger partial charge in [0, 0.05) is 11.8 Å². The van der Waals surface area contributed by atoms with Crippen molar-refractivity contribution in [2.24, 2.45) is 0 Å². The predicted octanol–water partition coefficient (Wildman–Crippen LogP) is 2.34. The van der Waals surface area contributed by atoms with Crippen LogP contribution < -0.4 is 0 Å². The lowest BCUT2D eigenvalue weighted by Gasteiger charge is -2.12. The third kappa shape index (κ3) is 3.73. The van der Waals surface area contributed by atoms with Crippen LogP contribution in [0.3, 0.4) is 0 Å². The fraction of sp³-hybridized carbons (Fsp3) is 0.312. The van der Waals surface area contributed by atoms with Crippen molar-refractivity contribution in [3.63, 3.8) is 0 Å². The topological polar surface area (TPSA) is 86.2 Å². The van der Waals surface area contributed by atoms with Crippen LogP contribution >= 0.6 is 0 Å². The van der Waals surface area contributed by atoms with E-state index in [0.717, 1.165) is 11.8 Å². The minimum Gasteiger partial charge on any atom is -0.462 e. The molecule has 1 aromatic heterocycles. The fourth-order valence-corrected chi connectivity index (χ4v) is 2.64. The van der Waals surface area contributed by atoms with Gasteiger partial charge in [-0.1, -0.05) is 29.8 Å². The first-order valence-electron chi connectivity index (χ1n) is 7.07. The maximum absolute atomic E-state index is 12.2. The standard InChI is InChI=1S/C16H18N2O4S/c1-5-22-15(19)13-11(3)17-16(23(4,20)21)18-14(13)12-8-6-10(2)7-9-12/h6-9H,5H2,1-4H3. The highest BCUT2D eigenvalue weighted by Crippen LogP contribution is 2.26. The Morgan fingerprint density at radius 3 is 2.26 bits per heavy atom. The number of carbonyl (C=O) groups excluding carboxylic acids is 1. The molecule has 2 rings (SSSR count). The van der Waals surface area contributed by atoms with Crippen molar-refractivity contribution < 1.29 is 17.9 Å². The molecule has 0 aliphatic carbocycles. The van der Waals surface area contributed by atoms with Gasteiger partial charge in [-0.3, -0.25) is 0 Å². The molecule has 0 saturated heterocycles. The molecule has 0 saturated carbocycles. The molecule has 1 heterocycles. The van der Waals surface area contributed by atoms with Crippen molar-refractivity contribution >= 4 is 15.8 Å². The first-order chi connectivity index (χ1) is 10.7. The van der Waals surface area contributed by atoms with Crippen LogP contribution in [0.15, 0.2) is 29.4 Å². The SMILES string of the molecule is CCOC(=O)c1c(C)nc(S(C)(=O)=O)nc1-c1ccc(C)cc1. The van der Waals surface area contributed by atoms with Crippen molar-refractivity contribution in [3.05, 3.63) is 41.1 Å². The summed E-state index contributed by atoms with van der Waals surface area (Å²) in [5.41, 5.74) is 2.39. The van der Waals surface area contributed by atoms with E-state index < -0.39 is 15.8 Å². The van der Waals surface area contributed by atoms with Crippen LogP contribution in [0.2, 0.25) is 0 Å². The molecule has 0 amide bonds. The Hall–Kier alpha value is -2.28. The van der Waals surface area contributed by atoms with Gasteiger partial charge in [0.05, 0.1) is 18.0 Å². The van der Waals surface area contributed by atoms with Gasteiger partial charge in [-0.2, -0.15) is 0 Å². The maximum atomic E-state index is 12.2. The van der Waals surface area contributed by atoms with Crippen molar-refractivity contribution in [3.8, 4) is 11.3 Å². The van der Waals surface area contributed by atoms with Gasteiger partial charge in [0.25, 0.3) is 0 Å². The molecule has 0 atom stereocenters. The second-order valence-corrected chi connectivity index (χ2v) is 7.08. The van der Waals surface area contributed by atoms with Crippen molar-refractivity contribution in [2.75, 3.05) is 12.9 Å². The van der Waals surface area contributed by atoms with E-state index in [0.29, 0.717) is 5.56 Å². The number of carbonyl (C=O) groups is 1. The maximum Gasteiger partial charge on any atom is 0.342 e. The molecule has 0 aliphatic heterocycles. The lowest BCUT2D eigenvalue weighted by atomic mass is 10.0. The Bertz CT molecular complexity index is 843. The number of hydrogen-bond acceptors (Lipinski definition) is 6. The van der Waals surface area contributed by atoms with Crippen LogP contribution in [0, 0.1) is 13.8 Å². The summed E-state index contributed by atoms with van der Waals surface area (Å²) < 4.78 is 28.6. The Balaban J connectivity index is 2.75. The van der Waals surface area contributed by atoms with Gasteiger partial charge in [-0.05, 0) is 20.8 Å². The molecule has 2 aromatic rings. The minimum atomic E-state index is -3.59. The van der Waals surface area contributed by atoms with E-state index >= 15 is 0 Å². The monoisotopic (exact) mass is 334 g/mol. The largest absolute Gasteiger partial charge is 0.462 e.